The number of nitrogens with two attached hydrogens (primary N) is 1. The van der Waals surface area contributed by atoms with Crippen LogP contribution in [0.15, 0.2) is 54.6 Å². The molecule has 21 heavy (non-hydrogen) atoms. The Morgan fingerprint density at radius 3 is 2.19 bits per heavy atom. The third kappa shape index (κ3) is 3.70. The minimum Gasteiger partial charge on any atom is -0.324 e. The summed E-state index contributed by atoms with van der Waals surface area (Å²) in [6.07, 6.45) is 0. The van der Waals surface area contributed by atoms with Crippen molar-refractivity contribution in [1.29, 1.82) is 0 Å². The van der Waals surface area contributed by atoms with Gasteiger partial charge in [0.05, 0.1) is 6.04 Å². The highest BCUT2D eigenvalue weighted by atomic mass is 16.2. The van der Waals surface area contributed by atoms with Crippen molar-refractivity contribution in [2.24, 2.45) is 11.1 Å². The fraction of sp³-hybridized carbons (Fsp3) is 0.278. The summed E-state index contributed by atoms with van der Waals surface area (Å²) < 4.78 is 0. The fourth-order valence-electron chi connectivity index (χ4n) is 2.07. The number of hydrogen-bond donors (Lipinski definition) is 2. The Kier molecular flexibility index (Phi) is 4.43. The SMILES string of the molecule is CC(C)(C)[C@@H](N)C(=O)Nc1ccccc1-c1ccccc1. The molecule has 0 spiro atoms. The van der Waals surface area contributed by atoms with Gasteiger partial charge in [-0.15, -0.1) is 0 Å². The number of hydrogen-bond acceptors (Lipinski definition) is 2. The van der Waals surface area contributed by atoms with Crippen molar-refractivity contribution in [2.45, 2.75) is 26.8 Å². The van der Waals surface area contributed by atoms with E-state index in [9.17, 15) is 4.79 Å². The summed E-state index contributed by atoms with van der Waals surface area (Å²) in [5.74, 6) is -0.161. The van der Waals surface area contributed by atoms with Crippen molar-refractivity contribution < 1.29 is 4.79 Å². The second-order valence-electron chi connectivity index (χ2n) is 6.24. The van der Waals surface area contributed by atoms with Crippen molar-refractivity contribution >= 4 is 11.6 Å². The van der Waals surface area contributed by atoms with E-state index in [0.29, 0.717) is 0 Å². The van der Waals surface area contributed by atoms with Gasteiger partial charge >= 0.3 is 0 Å². The Hall–Kier alpha value is -2.13. The first kappa shape index (κ1) is 15.3. The Morgan fingerprint density at radius 1 is 1.00 bits per heavy atom. The molecule has 0 radical (unpaired) electrons. The van der Waals surface area contributed by atoms with E-state index in [1.807, 2.05) is 75.4 Å². The molecule has 2 rings (SSSR count). The second kappa shape index (κ2) is 6.10. The topological polar surface area (TPSA) is 55.1 Å². The van der Waals surface area contributed by atoms with E-state index in [2.05, 4.69) is 5.32 Å². The van der Waals surface area contributed by atoms with Crippen LogP contribution in [0.25, 0.3) is 11.1 Å². The van der Waals surface area contributed by atoms with E-state index < -0.39 is 6.04 Å². The van der Waals surface area contributed by atoms with Gasteiger partial charge in [0, 0.05) is 11.3 Å². The van der Waals surface area contributed by atoms with Gasteiger partial charge in [0.2, 0.25) is 5.91 Å². The largest absolute Gasteiger partial charge is 0.324 e. The highest BCUT2D eigenvalue weighted by molar-refractivity contribution is 5.98. The number of amides is 1. The zero-order chi connectivity index (χ0) is 15.5. The molecule has 1 amide bonds. The fourth-order valence-corrected chi connectivity index (χ4v) is 2.07. The van der Waals surface area contributed by atoms with Gasteiger partial charge in [0.1, 0.15) is 0 Å². The monoisotopic (exact) mass is 282 g/mol. The van der Waals surface area contributed by atoms with Gasteiger partial charge in [-0.3, -0.25) is 4.79 Å². The molecular formula is C18H22N2O. The summed E-state index contributed by atoms with van der Waals surface area (Å²) in [7, 11) is 0. The van der Waals surface area contributed by atoms with Gasteiger partial charge in [0.15, 0.2) is 0 Å². The molecule has 0 unspecified atom stereocenters. The van der Waals surface area contributed by atoms with E-state index in [1.54, 1.807) is 0 Å². The van der Waals surface area contributed by atoms with Crippen LogP contribution >= 0.6 is 0 Å². The Morgan fingerprint density at radius 2 is 1.57 bits per heavy atom. The smallest absolute Gasteiger partial charge is 0.241 e. The van der Waals surface area contributed by atoms with Crippen LogP contribution < -0.4 is 11.1 Å². The number of para-hydroxylation sites is 1. The molecular weight excluding hydrogens is 260 g/mol. The molecule has 1 atom stereocenters. The quantitative estimate of drug-likeness (QED) is 0.902. The van der Waals surface area contributed by atoms with Crippen molar-refractivity contribution in [2.75, 3.05) is 5.32 Å². The Bertz CT molecular complexity index is 615. The lowest BCUT2D eigenvalue weighted by atomic mass is 9.87. The van der Waals surface area contributed by atoms with Crippen LogP contribution in [-0.2, 0) is 4.79 Å². The molecule has 0 bridgehead atoms. The highest BCUT2D eigenvalue weighted by Crippen LogP contribution is 2.28. The summed E-state index contributed by atoms with van der Waals surface area (Å²) in [5.41, 5.74) is 8.59. The van der Waals surface area contributed by atoms with E-state index in [0.717, 1.165) is 16.8 Å². The molecule has 3 heteroatoms. The van der Waals surface area contributed by atoms with Gasteiger partial charge in [-0.05, 0) is 17.0 Å². The van der Waals surface area contributed by atoms with Gasteiger partial charge in [-0.2, -0.15) is 0 Å². The first-order valence-electron chi connectivity index (χ1n) is 7.10. The maximum atomic E-state index is 12.3. The Balaban J connectivity index is 2.28. The molecule has 0 heterocycles. The maximum absolute atomic E-state index is 12.3. The first-order valence-corrected chi connectivity index (χ1v) is 7.10. The van der Waals surface area contributed by atoms with E-state index >= 15 is 0 Å². The molecule has 110 valence electrons. The highest BCUT2D eigenvalue weighted by Gasteiger charge is 2.27. The zero-order valence-electron chi connectivity index (χ0n) is 12.8. The lowest BCUT2D eigenvalue weighted by Gasteiger charge is -2.26. The van der Waals surface area contributed by atoms with Crippen LogP contribution in [0.4, 0.5) is 5.69 Å². The molecule has 0 aliphatic carbocycles. The average Bonchev–Trinajstić information content (AvgIpc) is 2.47. The molecule has 0 aromatic heterocycles. The molecule has 2 aromatic carbocycles. The summed E-state index contributed by atoms with van der Waals surface area (Å²) in [5, 5.41) is 2.95. The number of carbonyl (C=O) groups is 1. The van der Waals surface area contributed by atoms with Crippen LogP contribution in [0, 0.1) is 5.41 Å². The number of anilines is 1. The predicted molar refractivity (Wildman–Crippen MR) is 87.9 cm³/mol. The first-order chi connectivity index (χ1) is 9.89. The molecule has 3 N–H and O–H groups in total. The van der Waals surface area contributed by atoms with Gasteiger partial charge in [-0.1, -0.05) is 69.3 Å². The van der Waals surface area contributed by atoms with Crippen LogP contribution in [0.5, 0.6) is 0 Å². The van der Waals surface area contributed by atoms with Crippen molar-refractivity contribution in [3.05, 3.63) is 54.6 Å². The van der Waals surface area contributed by atoms with Crippen LogP contribution in [0.1, 0.15) is 20.8 Å². The average molecular weight is 282 g/mol. The second-order valence-corrected chi connectivity index (χ2v) is 6.24. The minimum absolute atomic E-state index is 0.161. The Labute approximate surface area is 126 Å². The third-order valence-electron chi connectivity index (χ3n) is 3.49. The minimum atomic E-state index is -0.554. The van der Waals surface area contributed by atoms with E-state index in [4.69, 9.17) is 5.73 Å². The predicted octanol–water partition coefficient (Wildman–Crippen LogP) is 3.67. The lowest BCUT2D eigenvalue weighted by molar-refractivity contribution is -0.119. The summed E-state index contributed by atoms with van der Waals surface area (Å²) in [6, 6.07) is 17.2. The van der Waals surface area contributed by atoms with Crippen LogP contribution in [0.2, 0.25) is 0 Å². The molecule has 0 saturated heterocycles. The molecule has 0 fully saturated rings. The van der Waals surface area contributed by atoms with E-state index in [-0.39, 0.29) is 11.3 Å². The molecule has 0 aliphatic heterocycles. The third-order valence-corrected chi connectivity index (χ3v) is 3.49. The standard InChI is InChI=1S/C18H22N2O/c1-18(2,3)16(19)17(21)20-15-12-8-7-11-14(15)13-9-5-4-6-10-13/h4-12,16H,19H2,1-3H3,(H,20,21)/t16-/m0/s1. The summed E-state index contributed by atoms with van der Waals surface area (Å²) in [4.78, 5) is 12.3. The van der Waals surface area contributed by atoms with Gasteiger partial charge in [-0.25, -0.2) is 0 Å². The van der Waals surface area contributed by atoms with Crippen molar-refractivity contribution in [3.63, 3.8) is 0 Å². The summed E-state index contributed by atoms with van der Waals surface area (Å²) >= 11 is 0. The maximum Gasteiger partial charge on any atom is 0.241 e. The molecule has 3 nitrogen and oxygen atoms in total. The van der Waals surface area contributed by atoms with Gasteiger partial charge < -0.3 is 11.1 Å². The van der Waals surface area contributed by atoms with Crippen LogP contribution in [-0.4, -0.2) is 11.9 Å². The molecule has 0 saturated carbocycles. The van der Waals surface area contributed by atoms with Crippen molar-refractivity contribution in [3.8, 4) is 11.1 Å². The number of benzene rings is 2. The lowest BCUT2D eigenvalue weighted by Crippen LogP contribution is -2.45. The normalized spacial score (nSPS) is 12.8. The van der Waals surface area contributed by atoms with Crippen LogP contribution in [0.3, 0.4) is 0 Å². The molecule has 2 aromatic rings. The zero-order valence-corrected chi connectivity index (χ0v) is 12.8. The van der Waals surface area contributed by atoms with Crippen molar-refractivity contribution in [1.82, 2.24) is 0 Å². The number of nitrogens with one attached hydrogen (secondary N) is 1. The van der Waals surface area contributed by atoms with Gasteiger partial charge in [0.25, 0.3) is 0 Å². The number of rotatable bonds is 3. The summed E-state index contributed by atoms with van der Waals surface area (Å²) in [6.45, 7) is 5.88. The number of carbonyl (C=O) groups excluding carboxylic acids is 1. The van der Waals surface area contributed by atoms with E-state index in [1.165, 1.54) is 0 Å². The molecule has 0 aliphatic rings.